The van der Waals surface area contributed by atoms with Gasteiger partial charge in [0, 0.05) is 11.8 Å². The molecule has 1 N–H and O–H groups in total. The van der Waals surface area contributed by atoms with E-state index in [1.54, 1.807) is 24.3 Å². The molecule has 0 aliphatic heterocycles. The van der Waals surface area contributed by atoms with Crippen molar-refractivity contribution in [2.45, 2.75) is 37.5 Å². The molecule has 9 heteroatoms. The van der Waals surface area contributed by atoms with Crippen LogP contribution in [-0.2, 0) is 14.8 Å². The highest BCUT2D eigenvalue weighted by Gasteiger charge is 2.30. The Labute approximate surface area is 182 Å². The average molecular weight is 446 g/mol. The van der Waals surface area contributed by atoms with E-state index >= 15 is 0 Å². The van der Waals surface area contributed by atoms with Crippen LogP contribution in [0.15, 0.2) is 52.5 Å². The lowest BCUT2D eigenvalue weighted by Gasteiger charge is -2.25. The maximum atomic E-state index is 13.5. The monoisotopic (exact) mass is 445 g/mol. The number of methoxy groups -OCH3 is 2. The van der Waals surface area contributed by atoms with Gasteiger partial charge in [-0.2, -0.15) is 5.10 Å². The SMILES string of the molecule is COc1ccc(OC)c(N(CC(=O)NN=C2CCCC2)S(=O)(=O)c2ccc(C)cc2)c1. The minimum atomic E-state index is -4.07. The molecule has 0 heterocycles. The summed E-state index contributed by atoms with van der Waals surface area (Å²) in [7, 11) is -1.15. The third-order valence-corrected chi connectivity index (χ3v) is 6.84. The number of sulfonamides is 1. The summed E-state index contributed by atoms with van der Waals surface area (Å²) >= 11 is 0. The minimum absolute atomic E-state index is 0.0675. The Morgan fingerprint density at radius 2 is 1.74 bits per heavy atom. The first-order chi connectivity index (χ1) is 14.8. The zero-order valence-corrected chi connectivity index (χ0v) is 18.7. The molecule has 0 saturated heterocycles. The van der Waals surface area contributed by atoms with Crippen molar-refractivity contribution in [1.29, 1.82) is 0 Å². The van der Waals surface area contributed by atoms with E-state index in [4.69, 9.17) is 9.47 Å². The van der Waals surface area contributed by atoms with E-state index in [-0.39, 0.29) is 10.6 Å². The number of aryl methyl sites for hydroxylation is 1. The van der Waals surface area contributed by atoms with Crippen LogP contribution in [0.3, 0.4) is 0 Å². The second kappa shape index (κ2) is 9.82. The third-order valence-electron chi connectivity index (χ3n) is 5.07. The number of hydrogen-bond acceptors (Lipinski definition) is 6. The average Bonchev–Trinajstić information content (AvgIpc) is 3.29. The molecule has 0 radical (unpaired) electrons. The van der Waals surface area contributed by atoms with E-state index < -0.39 is 22.5 Å². The summed E-state index contributed by atoms with van der Waals surface area (Å²) < 4.78 is 38.7. The highest BCUT2D eigenvalue weighted by Crippen LogP contribution is 2.35. The van der Waals surface area contributed by atoms with Crippen LogP contribution in [0.5, 0.6) is 11.5 Å². The molecule has 8 nitrogen and oxygen atoms in total. The van der Waals surface area contributed by atoms with E-state index in [9.17, 15) is 13.2 Å². The zero-order valence-electron chi connectivity index (χ0n) is 17.9. The summed E-state index contributed by atoms with van der Waals surface area (Å²) in [6.07, 6.45) is 3.78. The summed E-state index contributed by atoms with van der Waals surface area (Å²) in [5.41, 5.74) is 4.54. The maximum absolute atomic E-state index is 13.5. The van der Waals surface area contributed by atoms with Gasteiger partial charge in [-0.05, 0) is 56.9 Å². The molecule has 1 aliphatic rings. The second-order valence-electron chi connectivity index (χ2n) is 7.28. The lowest BCUT2D eigenvalue weighted by molar-refractivity contribution is -0.119. The van der Waals surface area contributed by atoms with Gasteiger partial charge in [-0.25, -0.2) is 13.8 Å². The second-order valence-corrected chi connectivity index (χ2v) is 9.14. The van der Waals surface area contributed by atoms with E-state index in [1.807, 2.05) is 6.92 Å². The predicted octanol–water partition coefficient (Wildman–Crippen LogP) is 3.25. The number of nitrogens with one attached hydrogen (secondary N) is 1. The molecular formula is C22H27N3O5S. The van der Waals surface area contributed by atoms with Crippen molar-refractivity contribution in [3.63, 3.8) is 0 Å². The van der Waals surface area contributed by atoms with Crippen LogP contribution in [0, 0.1) is 6.92 Å². The standard InChI is InChI=1S/C22H27N3O5S/c1-16-8-11-19(12-9-16)31(27,28)25(15-22(26)24-23-17-6-4-5-7-17)20-14-18(29-2)10-13-21(20)30-3/h8-14H,4-7,15H2,1-3H3,(H,24,26). The molecule has 1 amide bonds. The van der Waals surface area contributed by atoms with Crippen molar-refractivity contribution in [2.24, 2.45) is 5.10 Å². The molecule has 31 heavy (non-hydrogen) atoms. The number of rotatable bonds is 8. The van der Waals surface area contributed by atoms with Crippen LogP contribution in [0.25, 0.3) is 0 Å². The zero-order chi connectivity index (χ0) is 22.4. The van der Waals surface area contributed by atoms with Crippen molar-refractivity contribution in [3.05, 3.63) is 48.0 Å². The predicted molar refractivity (Wildman–Crippen MR) is 119 cm³/mol. The molecular weight excluding hydrogens is 418 g/mol. The summed E-state index contributed by atoms with van der Waals surface area (Å²) in [4.78, 5) is 12.7. The van der Waals surface area contributed by atoms with Gasteiger partial charge in [-0.3, -0.25) is 9.10 Å². The van der Waals surface area contributed by atoms with Crippen molar-refractivity contribution in [2.75, 3.05) is 25.1 Å². The van der Waals surface area contributed by atoms with Gasteiger partial charge in [0.05, 0.1) is 24.8 Å². The number of hydrogen-bond donors (Lipinski definition) is 1. The molecule has 1 fully saturated rings. The molecule has 0 atom stereocenters. The molecule has 3 rings (SSSR count). The van der Waals surface area contributed by atoms with Crippen molar-refractivity contribution >= 4 is 27.3 Å². The van der Waals surface area contributed by atoms with Crippen LogP contribution in [0.1, 0.15) is 31.2 Å². The topological polar surface area (TPSA) is 97.3 Å². The summed E-state index contributed by atoms with van der Waals surface area (Å²) in [6, 6.07) is 11.2. The maximum Gasteiger partial charge on any atom is 0.264 e. The quantitative estimate of drug-likeness (QED) is 0.629. The van der Waals surface area contributed by atoms with Crippen LogP contribution < -0.4 is 19.2 Å². The molecule has 1 saturated carbocycles. The summed E-state index contributed by atoms with van der Waals surface area (Å²) in [5.74, 6) is 0.192. The number of carbonyl (C=O) groups excluding carboxylic acids is 1. The number of carbonyl (C=O) groups is 1. The normalized spacial score (nSPS) is 13.6. The summed E-state index contributed by atoms with van der Waals surface area (Å²) in [5, 5.41) is 4.15. The lowest BCUT2D eigenvalue weighted by Crippen LogP contribution is -2.40. The minimum Gasteiger partial charge on any atom is -0.497 e. The van der Waals surface area contributed by atoms with Crippen molar-refractivity contribution < 1.29 is 22.7 Å². The largest absolute Gasteiger partial charge is 0.497 e. The molecule has 2 aromatic rings. The van der Waals surface area contributed by atoms with Gasteiger partial charge in [0.1, 0.15) is 18.0 Å². The summed E-state index contributed by atoms with van der Waals surface area (Å²) in [6.45, 7) is 1.41. The van der Waals surface area contributed by atoms with Gasteiger partial charge < -0.3 is 9.47 Å². The smallest absolute Gasteiger partial charge is 0.264 e. The van der Waals surface area contributed by atoms with Crippen LogP contribution in [-0.4, -0.2) is 40.8 Å². The fraction of sp³-hybridized carbons (Fsp3) is 0.364. The number of nitrogens with zero attached hydrogens (tertiary/aromatic N) is 2. The first kappa shape index (κ1) is 22.6. The van der Waals surface area contributed by atoms with E-state index in [0.29, 0.717) is 11.5 Å². The number of benzene rings is 2. The Morgan fingerprint density at radius 3 is 2.35 bits per heavy atom. The van der Waals surface area contributed by atoms with Crippen LogP contribution >= 0.6 is 0 Å². The highest BCUT2D eigenvalue weighted by atomic mass is 32.2. The van der Waals surface area contributed by atoms with Crippen molar-refractivity contribution in [3.8, 4) is 11.5 Å². The van der Waals surface area contributed by atoms with E-state index in [1.165, 1.54) is 32.4 Å². The number of anilines is 1. The fourth-order valence-electron chi connectivity index (χ4n) is 3.33. The van der Waals surface area contributed by atoms with E-state index in [0.717, 1.165) is 41.3 Å². The molecule has 0 bridgehead atoms. The van der Waals surface area contributed by atoms with Crippen LogP contribution in [0.4, 0.5) is 5.69 Å². The number of hydrazone groups is 1. The first-order valence-corrected chi connectivity index (χ1v) is 11.4. The van der Waals surface area contributed by atoms with Gasteiger partial charge in [0.2, 0.25) is 0 Å². The van der Waals surface area contributed by atoms with Gasteiger partial charge >= 0.3 is 0 Å². The molecule has 0 unspecified atom stereocenters. The third kappa shape index (κ3) is 5.35. The molecule has 166 valence electrons. The Morgan fingerprint density at radius 1 is 1.06 bits per heavy atom. The highest BCUT2D eigenvalue weighted by molar-refractivity contribution is 7.92. The van der Waals surface area contributed by atoms with Gasteiger partial charge in [0.25, 0.3) is 15.9 Å². The Kier molecular flexibility index (Phi) is 7.17. The molecule has 2 aromatic carbocycles. The van der Waals surface area contributed by atoms with Gasteiger partial charge in [-0.1, -0.05) is 17.7 Å². The Hall–Kier alpha value is -3.07. The Balaban J connectivity index is 2.00. The fourth-order valence-corrected chi connectivity index (χ4v) is 4.75. The van der Waals surface area contributed by atoms with Gasteiger partial charge in [-0.15, -0.1) is 0 Å². The van der Waals surface area contributed by atoms with E-state index in [2.05, 4.69) is 10.5 Å². The van der Waals surface area contributed by atoms with Gasteiger partial charge in [0.15, 0.2) is 0 Å². The van der Waals surface area contributed by atoms with Crippen LogP contribution in [0.2, 0.25) is 0 Å². The molecule has 1 aliphatic carbocycles. The lowest BCUT2D eigenvalue weighted by atomic mass is 10.2. The number of amides is 1. The first-order valence-electron chi connectivity index (χ1n) is 10.0. The molecule has 0 spiro atoms. The number of ether oxygens (including phenoxy) is 2. The van der Waals surface area contributed by atoms with Crippen molar-refractivity contribution in [1.82, 2.24) is 5.43 Å². The Bertz CT molecular complexity index is 1060. The molecule has 0 aromatic heterocycles.